The molecule has 2 heteroatoms. The van der Waals surface area contributed by atoms with E-state index < -0.39 is 0 Å². The van der Waals surface area contributed by atoms with Crippen molar-refractivity contribution < 1.29 is 5.11 Å². The van der Waals surface area contributed by atoms with Crippen LogP contribution in [-0.4, -0.2) is 24.7 Å². The van der Waals surface area contributed by atoms with E-state index in [0.717, 1.165) is 24.1 Å². The molecular weight excluding hydrogens is 174 g/mol. The Labute approximate surface area is 86.4 Å². The van der Waals surface area contributed by atoms with Gasteiger partial charge in [0.2, 0.25) is 0 Å². The average Bonchev–Trinajstić information content (AvgIpc) is 2.24. The summed E-state index contributed by atoms with van der Waals surface area (Å²) in [7, 11) is 0. The van der Waals surface area contributed by atoms with Crippen LogP contribution in [0.1, 0.15) is 20.8 Å². The molecule has 0 heterocycles. The Morgan fingerprint density at radius 3 is 1.71 bits per heavy atom. The van der Waals surface area contributed by atoms with E-state index in [-0.39, 0.29) is 0 Å². The zero-order valence-electron chi connectivity index (χ0n) is 9.33. The Hall–Kier alpha value is -1.02. The second-order valence-corrected chi connectivity index (χ2v) is 3.61. The normalized spacial score (nSPS) is 11.6. The zero-order valence-corrected chi connectivity index (χ0v) is 9.33. The first kappa shape index (κ1) is 11.1. The summed E-state index contributed by atoms with van der Waals surface area (Å²) in [5.74, 6) is 0.343. The summed E-state index contributed by atoms with van der Waals surface area (Å²) in [4.78, 5) is 0. The molecule has 0 radical (unpaired) electrons. The molecule has 0 aliphatic carbocycles. The summed E-state index contributed by atoms with van der Waals surface area (Å²) < 4.78 is 0.986. The summed E-state index contributed by atoms with van der Waals surface area (Å²) in [6.45, 7) is 9.91. The number of quaternary nitrogens is 1. The van der Waals surface area contributed by atoms with Gasteiger partial charge in [-0.25, -0.2) is 0 Å². The Bertz CT molecular complexity index is 267. The Kier molecular flexibility index (Phi) is 3.53. The molecule has 1 rings (SSSR count). The largest absolute Gasteiger partial charge is 0.508 e. The summed E-state index contributed by atoms with van der Waals surface area (Å²) in [5.41, 5.74) is 1.29. The number of aromatic hydroxyl groups is 1. The van der Waals surface area contributed by atoms with Crippen molar-refractivity contribution in [1.82, 2.24) is 4.48 Å². The highest BCUT2D eigenvalue weighted by molar-refractivity contribution is 5.45. The highest BCUT2D eigenvalue weighted by atomic mass is 16.3. The fourth-order valence-corrected chi connectivity index (χ4v) is 1.99. The number of hydrogen-bond donors (Lipinski definition) is 1. The minimum Gasteiger partial charge on any atom is -0.508 e. The number of benzene rings is 1. The molecular formula is C12H20NO+. The number of hydrogen-bond acceptors (Lipinski definition) is 1. The second-order valence-electron chi connectivity index (χ2n) is 3.61. The lowest BCUT2D eigenvalue weighted by Crippen LogP contribution is -2.48. The fraction of sp³-hybridized carbons (Fsp3) is 0.500. The highest BCUT2D eigenvalue weighted by Crippen LogP contribution is 2.24. The van der Waals surface area contributed by atoms with Crippen molar-refractivity contribution in [3.63, 3.8) is 0 Å². The molecule has 78 valence electrons. The van der Waals surface area contributed by atoms with Crippen LogP contribution < -0.4 is 4.48 Å². The molecule has 0 bridgehead atoms. The molecule has 0 aliphatic rings. The van der Waals surface area contributed by atoms with Gasteiger partial charge in [-0.05, 0) is 32.9 Å². The van der Waals surface area contributed by atoms with Crippen LogP contribution in [0.2, 0.25) is 0 Å². The van der Waals surface area contributed by atoms with Gasteiger partial charge in [0.25, 0.3) is 0 Å². The topological polar surface area (TPSA) is 20.2 Å². The minimum absolute atomic E-state index is 0.343. The molecule has 0 unspecified atom stereocenters. The number of nitrogens with zero attached hydrogens (tertiary/aromatic N) is 1. The standard InChI is InChI=1S/C12H19NO/c1-4-13(5-2,6-3)11-7-9-12(14)10-8-11/h7-10H,4-6H2,1-3H3/p+1. The second kappa shape index (κ2) is 4.47. The quantitative estimate of drug-likeness (QED) is 0.731. The highest BCUT2D eigenvalue weighted by Gasteiger charge is 2.23. The molecule has 0 amide bonds. The van der Waals surface area contributed by atoms with Crippen LogP contribution in [0.25, 0.3) is 0 Å². The lowest BCUT2D eigenvalue weighted by Gasteiger charge is -2.35. The molecule has 0 saturated carbocycles. The summed E-state index contributed by atoms with van der Waals surface area (Å²) >= 11 is 0. The molecule has 2 nitrogen and oxygen atoms in total. The van der Waals surface area contributed by atoms with Gasteiger partial charge in [0.1, 0.15) is 11.4 Å². The van der Waals surface area contributed by atoms with Crippen molar-refractivity contribution in [2.75, 3.05) is 19.6 Å². The Morgan fingerprint density at radius 2 is 1.36 bits per heavy atom. The minimum atomic E-state index is 0.343. The van der Waals surface area contributed by atoms with Gasteiger partial charge in [-0.2, -0.15) is 0 Å². The van der Waals surface area contributed by atoms with E-state index in [1.807, 2.05) is 12.1 Å². The maximum Gasteiger partial charge on any atom is 0.133 e. The third-order valence-electron chi connectivity index (χ3n) is 3.21. The van der Waals surface area contributed by atoms with E-state index in [0.29, 0.717) is 5.75 Å². The van der Waals surface area contributed by atoms with Crippen molar-refractivity contribution in [3.8, 4) is 5.75 Å². The lowest BCUT2D eigenvalue weighted by molar-refractivity contribution is 0.315. The zero-order chi connectivity index (χ0) is 10.6. The van der Waals surface area contributed by atoms with E-state index >= 15 is 0 Å². The van der Waals surface area contributed by atoms with Gasteiger partial charge in [0, 0.05) is 12.1 Å². The summed E-state index contributed by atoms with van der Waals surface area (Å²) in [5, 5.41) is 9.23. The Balaban J connectivity index is 3.05. The third-order valence-corrected chi connectivity index (χ3v) is 3.21. The van der Waals surface area contributed by atoms with Crippen LogP contribution in [-0.2, 0) is 0 Å². The van der Waals surface area contributed by atoms with Gasteiger partial charge >= 0.3 is 0 Å². The van der Waals surface area contributed by atoms with E-state index in [4.69, 9.17) is 0 Å². The van der Waals surface area contributed by atoms with Crippen LogP contribution in [0.3, 0.4) is 0 Å². The molecule has 0 fully saturated rings. The third kappa shape index (κ3) is 1.90. The van der Waals surface area contributed by atoms with E-state index in [1.165, 1.54) is 5.69 Å². The SMILES string of the molecule is CC[N+](CC)(CC)c1ccc(O)cc1. The maximum absolute atomic E-state index is 9.23. The van der Waals surface area contributed by atoms with E-state index in [9.17, 15) is 5.11 Å². The molecule has 0 atom stereocenters. The number of rotatable bonds is 4. The smallest absolute Gasteiger partial charge is 0.133 e. The van der Waals surface area contributed by atoms with Crippen LogP contribution in [0.15, 0.2) is 24.3 Å². The average molecular weight is 194 g/mol. The maximum atomic E-state index is 9.23. The molecule has 0 aromatic heterocycles. The van der Waals surface area contributed by atoms with Gasteiger partial charge in [-0.1, -0.05) is 0 Å². The molecule has 1 N–H and O–H groups in total. The molecule has 1 aromatic carbocycles. The van der Waals surface area contributed by atoms with Crippen LogP contribution in [0.5, 0.6) is 5.75 Å². The van der Waals surface area contributed by atoms with Crippen LogP contribution in [0, 0.1) is 0 Å². The number of phenols is 1. The van der Waals surface area contributed by atoms with Gasteiger partial charge < -0.3 is 5.11 Å². The van der Waals surface area contributed by atoms with Gasteiger partial charge in [0.05, 0.1) is 19.6 Å². The number of phenolic OH excluding ortho intramolecular Hbond substituents is 1. The van der Waals surface area contributed by atoms with Crippen molar-refractivity contribution in [2.45, 2.75) is 20.8 Å². The monoisotopic (exact) mass is 194 g/mol. The van der Waals surface area contributed by atoms with Crippen molar-refractivity contribution in [1.29, 1.82) is 0 Å². The molecule has 0 spiro atoms. The van der Waals surface area contributed by atoms with Gasteiger partial charge in [0.15, 0.2) is 0 Å². The molecule has 1 aromatic rings. The predicted octanol–water partition coefficient (Wildman–Crippen LogP) is 2.76. The molecule has 0 aliphatic heterocycles. The predicted molar refractivity (Wildman–Crippen MR) is 61.5 cm³/mol. The van der Waals surface area contributed by atoms with Gasteiger partial charge in [-0.15, -0.1) is 0 Å². The summed E-state index contributed by atoms with van der Waals surface area (Å²) in [6, 6.07) is 7.57. The molecule has 0 saturated heterocycles. The van der Waals surface area contributed by atoms with E-state index in [1.54, 1.807) is 12.1 Å². The Morgan fingerprint density at radius 1 is 0.929 bits per heavy atom. The van der Waals surface area contributed by atoms with Crippen LogP contribution >= 0.6 is 0 Å². The summed E-state index contributed by atoms with van der Waals surface area (Å²) in [6.07, 6.45) is 0. The molecule has 14 heavy (non-hydrogen) atoms. The first-order valence-corrected chi connectivity index (χ1v) is 5.34. The first-order chi connectivity index (χ1) is 6.68. The van der Waals surface area contributed by atoms with Crippen molar-refractivity contribution in [2.24, 2.45) is 0 Å². The lowest BCUT2D eigenvalue weighted by atomic mass is 10.2. The van der Waals surface area contributed by atoms with Crippen LogP contribution in [0.4, 0.5) is 5.69 Å². The van der Waals surface area contributed by atoms with Crippen molar-refractivity contribution in [3.05, 3.63) is 24.3 Å². The first-order valence-electron chi connectivity index (χ1n) is 5.34. The van der Waals surface area contributed by atoms with E-state index in [2.05, 4.69) is 20.8 Å². The van der Waals surface area contributed by atoms with Gasteiger partial charge in [-0.3, -0.25) is 4.48 Å². The van der Waals surface area contributed by atoms with Crippen molar-refractivity contribution >= 4 is 5.69 Å². The fourth-order valence-electron chi connectivity index (χ4n) is 1.99.